The highest BCUT2D eigenvalue weighted by molar-refractivity contribution is 6.31. The van der Waals surface area contributed by atoms with Gasteiger partial charge in [0.1, 0.15) is 5.75 Å². The molecule has 1 aliphatic heterocycles. The third kappa shape index (κ3) is 2.54. The second-order valence-electron chi connectivity index (χ2n) is 5.51. The molecule has 5 heteroatoms. The first-order chi connectivity index (χ1) is 10.1. The molecule has 0 radical (unpaired) electrons. The first-order valence-corrected chi connectivity index (χ1v) is 7.67. The molecule has 1 aromatic heterocycles. The normalized spacial score (nSPS) is 18.4. The summed E-state index contributed by atoms with van der Waals surface area (Å²) in [7, 11) is 1.92. The van der Waals surface area contributed by atoms with E-state index in [-0.39, 0.29) is 12.0 Å². The van der Waals surface area contributed by atoms with E-state index in [0.29, 0.717) is 13.0 Å². The van der Waals surface area contributed by atoms with Gasteiger partial charge in [0, 0.05) is 31.0 Å². The van der Waals surface area contributed by atoms with Crippen molar-refractivity contribution in [3.05, 3.63) is 46.2 Å². The van der Waals surface area contributed by atoms with E-state index in [0.717, 1.165) is 28.6 Å². The molecule has 0 saturated carbocycles. The maximum absolute atomic E-state index is 6.43. The summed E-state index contributed by atoms with van der Waals surface area (Å²) < 4.78 is 7.57. The third-order valence-corrected chi connectivity index (χ3v) is 4.62. The lowest BCUT2D eigenvalue weighted by molar-refractivity contribution is 0.312. The standard InChI is InChI=1S/C16H20ClN3O/c1-3-13-16(17)14(20(2)19-13)8-12(18)11-9-21-15-7-5-4-6-10(11)15/h4-7,11-12H,3,8-9,18H2,1-2H3. The molecule has 1 aromatic carbocycles. The number of halogens is 1. The van der Waals surface area contributed by atoms with Gasteiger partial charge in [0.15, 0.2) is 0 Å². The van der Waals surface area contributed by atoms with Crippen LogP contribution >= 0.6 is 11.6 Å². The number of hydrogen-bond donors (Lipinski definition) is 1. The predicted octanol–water partition coefficient (Wildman–Crippen LogP) is 2.68. The summed E-state index contributed by atoms with van der Waals surface area (Å²) in [5, 5.41) is 5.20. The summed E-state index contributed by atoms with van der Waals surface area (Å²) in [4.78, 5) is 0. The molecule has 3 rings (SSSR count). The molecule has 0 bridgehead atoms. The zero-order chi connectivity index (χ0) is 15.0. The van der Waals surface area contributed by atoms with Crippen LogP contribution in [0.1, 0.15) is 29.8 Å². The Morgan fingerprint density at radius 2 is 2.24 bits per heavy atom. The number of fused-ring (bicyclic) bond motifs is 1. The van der Waals surface area contributed by atoms with Crippen molar-refractivity contribution in [2.24, 2.45) is 12.8 Å². The maximum atomic E-state index is 6.43. The highest BCUT2D eigenvalue weighted by Gasteiger charge is 2.30. The number of hydrogen-bond acceptors (Lipinski definition) is 3. The fourth-order valence-corrected chi connectivity index (χ4v) is 3.32. The SMILES string of the molecule is CCc1nn(C)c(CC(N)C2COc3ccccc32)c1Cl. The van der Waals surface area contributed by atoms with Crippen molar-refractivity contribution in [1.29, 1.82) is 0 Å². The molecule has 0 aliphatic carbocycles. The zero-order valence-corrected chi connectivity index (χ0v) is 13.1. The van der Waals surface area contributed by atoms with Crippen LogP contribution in [0.5, 0.6) is 5.75 Å². The van der Waals surface area contributed by atoms with Gasteiger partial charge in [0.05, 0.1) is 23.0 Å². The Labute approximate surface area is 129 Å². The fourth-order valence-electron chi connectivity index (χ4n) is 2.95. The molecule has 2 aromatic rings. The summed E-state index contributed by atoms with van der Waals surface area (Å²) >= 11 is 6.41. The largest absolute Gasteiger partial charge is 0.493 e. The van der Waals surface area contributed by atoms with Crippen LogP contribution in [-0.4, -0.2) is 22.4 Å². The minimum atomic E-state index is -0.0359. The molecule has 0 saturated heterocycles. The van der Waals surface area contributed by atoms with Gasteiger partial charge in [-0.1, -0.05) is 36.7 Å². The van der Waals surface area contributed by atoms with Gasteiger partial charge in [-0.15, -0.1) is 0 Å². The Morgan fingerprint density at radius 1 is 1.48 bits per heavy atom. The van der Waals surface area contributed by atoms with Gasteiger partial charge in [0.2, 0.25) is 0 Å². The minimum absolute atomic E-state index is 0.0359. The first kappa shape index (κ1) is 14.4. The summed E-state index contributed by atoms with van der Waals surface area (Å²) in [5.41, 5.74) is 9.57. The van der Waals surface area contributed by atoms with Crippen LogP contribution in [-0.2, 0) is 19.9 Å². The molecule has 112 valence electrons. The topological polar surface area (TPSA) is 53.1 Å². The van der Waals surface area contributed by atoms with Crippen LogP contribution < -0.4 is 10.5 Å². The number of para-hydroxylation sites is 1. The van der Waals surface area contributed by atoms with Crippen molar-refractivity contribution < 1.29 is 4.74 Å². The van der Waals surface area contributed by atoms with Crippen LogP contribution in [0, 0.1) is 0 Å². The number of aryl methyl sites for hydroxylation is 2. The molecular weight excluding hydrogens is 286 g/mol. The zero-order valence-electron chi connectivity index (χ0n) is 12.3. The van der Waals surface area contributed by atoms with Crippen LogP contribution in [0.25, 0.3) is 0 Å². The highest BCUT2D eigenvalue weighted by Crippen LogP contribution is 2.36. The van der Waals surface area contributed by atoms with E-state index in [9.17, 15) is 0 Å². The van der Waals surface area contributed by atoms with Crippen LogP contribution in [0.3, 0.4) is 0 Å². The summed E-state index contributed by atoms with van der Waals surface area (Å²) in [5.74, 6) is 1.15. The maximum Gasteiger partial charge on any atom is 0.122 e. The minimum Gasteiger partial charge on any atom is -0.493 e. The van der Waals surface area contributed by atoms with E-state index in [1.165, 1.54) is 5.56 Å². The molecular formula is C16H20ClN3O. The molecule has 0 amide bonds. The second kappa shape index (κ2) is 5.70. The van der Waals surface area contributed by atoms with Gasteiger partial charge < -0.3 is 10.5 Å². The average molecular weight is 306 g/mol. The number of rotatable bonds is 4. The molecule has 21 heavy (non-hydrogen) atoms. The van der Waals surface area contributed by atoms with Crippen LogP contribution in [0.2, 0.25) is 5.02 Å². The Hall–Kier alpha value is -1.52. The van der Waals surface area contributed by atoms with Crippen molar-refractivity contribution in [3.63, 3.8) is 0 Å². The number of nitrogens with zero attached hydrogens (tertiary/aromatic N) is 2. The quantitative estimate of drug-likeness (QED) is 0.945. The smallest absolute Gasteiger partial charge is 0.122 e. The van der Waals surface area contributed by atoms with Gasteiger partial charge in [0.25, 0.3) is 0 Å². The molecule has 4 nitrogen and oxygen atoms in total. The average Bonchev–Trinajstić information content (AvgIpc) is 3.03. The van der Waals surface area contributed by atoms with Crippen LogP contribution in [0.4, 0.5) is 0 Å². The van der Waals surface area contributed by atoms with Gasteiger partial charge in [-0.3, -0.25) is 4.68 Å². The number of nitrogens with two attached hydrogens (primary N) is 1. The molecule has 0 spiro atoms. The fraction of sp³-hybridized carbons (Fsp3) is 0.438. The van der Waals surface area contributed by atoms with E-state index >= 15 is 0 Å². The summed E-state index contributed by atoms with van der Waals surface area (Å²) in [6.45, 7) is 2.69. The molecule has 1 aliphatic rings. The van der Waals surface area contributed by atoms with Gasteiger partial charge in [-0.2, -0.15) is 5.10 Å². The van der Waals surface area contributed by atoms with Gasteiger partial charge >= 0.3 is 0 Å². The lowest BCUT2D eigenvalue weighted by atomic mass is 9.91. The summed E-state index contributed by atoms with van der Waals surface area (Å²) in [6.07, 6.45) is 1.53. The van der Waals surface area contributed by atoms with E-state index in [2.05, 4.69) is 18.1 Å². The summed E-state index contributed by atoms with van der Waals surface area (Å²) in [6, 6.07) is 8.06. The van der Waals surface area contributed by atoms with Crippen LogP contribution in [0.15, 0.2) is 24.3 Å². The first-order valence-electron chi connectivity index (χ1n) is 7.29. The molecule has 2 unspecified atom stereocenters. The van der Waals surface area contributed by atoms with Gasteiger partial charge in [-0.25, -0.2) is 0 Å². The van der Waals surface area contributed by atoms with Crippen molar-refractivity contribution in [2.75, 3.05) is 6.61 Å². The number of benzene rings is 1. The molecule has 0 fully saturated rings. The lowest BCUT2D eigenvalue weighted by Gasteiger charge is -2.18. The monoisotopic (exact) mass is 305 g/mol. The molecule has 2 atom stereocenters. The number of aromatic nitrogens is 2. The van der Waals surface area contributed by atoms with E-state index < -0.39 is 0 Å². The van der Waals surface area contributed by atoms with Crippen molar-refractivity contribution >= 4 is 11.6 Å². The Bertz CT molecular complexity index is 653. The van der Waals surface area contributed by atoms with E-state index in [1.54, 1.807) is 0 Å². The van der Waals surface area contributed by atoms with E-state index in [4.69, 9.17) is 22.1 Å². The Morgan fingerprint density at radius 3 is 2.95 bits per heavy atom. The van der Waals surface area contributed by atoms with Crippen molar-refractivity contribution in [3.8, 4) is 5.75 Å². The predicted molar refractivity (Wildman–Crippen MR) is 84.0 cm³/mol. The van der Waals surface area contributed by atoms with E-state index in [1.807, 2.05) is 29.9 Å². The Balaban J connectivity index is 1.82. The van der Waals surface area contributed by atoms with Gasteiger partial charge in [-0.05, 0) is 12.5 Å². The van der Waals surface area contributed by atoms with Crippen molar-refractivity contribution in [2.45, 2.75) is 31.7 Å². The van der Waals surface area contributed by atoms with Crippen molar-refractivity contribution in [1.82, 2.24) is 9.78 Å². The third-order valence-electron chi connectivity index (χ3n) is 4.19. The number of ether oxygens (including phenoxy) is 1. The Kier molecular flexibility index (Phi) is 3.91. The lowest BCUT2D eigenvalue weighted by Crippen LogP contribution is -2.32. The highest BCUT2D eigenvalue weighted by atomic mass is 35.5. The molecule has 2 N–H and O–H groups in total. The second-order valence-corrected chi connectivity index (χ2v) is 5.89. The molecule has 2 heterocycles.